The first-order chi connectivity index (χ1) is 26.2. The number of fused-ring (bicyclic) bond motifs is 1. The highest BCUT2D eigenvalue weighted by Crippen LogP contribution is 2.46. The third-order valence-corrected chi connectivity index (χ3v) is 10.9. The second kappa shape index (κ2) is 22.2. The Labute approximate surface area is 317 Å². The van der Waals surface area contributed by atoms with Crippen molar-refractivity contribution in [2.45, 2.75) is 140 Å². The van der Waals surface area contributed by atoms with Crippen molar-refractivity contribution in [2.24, 2.45) is 0 Å². The Hall–Kier alpha value is -3.44. The molecule has 1 aliphatic heterocycles. The summed E-state index contributed by atoms with van der Waals surface area (Å²) in [5, 5.41) is 45.1. The molecule has 17 heteroatoms. The second-order valence-electron chi connectivity index (χ2n) is 14.0. The number of aliphatic hydroxyl groups is 2. The molecule has 6 atom stereocenters. The highest BCUT2D eigenvalue weighted by atomic mass is 31.2. The summed E-state index contributed by atoms with van der Waals surface area (Å²) in [6, 6.07) is 6.24. The molecule has 3 aromatic heterocycles. The molecule has 16 nitrogen and oxygen atoms in total. The maximum atomic E-state index is 13.0. The van der Waals surface area contributed by atoms with Gasteiger partial charge in [0.05, 0.1) is 37.9 Å². The molecule has 4 heterocycles. The topological polar surface area (TPSA) is 236 Å². The van der Waals surface area contributed by atoms with Crippen LogP contribution in [-0.4, -0.2) is 84.0 Å². The van der Waals surface area contributed by atoms with Gasteiger partial charge in [-0.1, -0.05) is 103 Å². The number of anilines is 1. The molecule has 3 aromatic rings. The van der Waals surface area contributed by atoms with Crippen molar-refractivity contribution >= 4 is 19.2 Å². The summed E-state index contributed by atoms with van der Waals surface area (Å²) in [7, 11) is -4.75. The summed E-state index contributed by atoms with van der Waals surface area (Å²) in [6.45, 7) is 1.85. The van der Waals surface area contributed by atoms with Gasteiger partial charge in [0.15, 0.2) is 11.5 Å². The minimum Gasteiger partial charge on any atom is -0.387 e. The summed E-state index contributed by atoms with van der Waals surface area (Å²) < 4.78 is 38.0. The predicted molar refractivity (Wildman–Crippen MR) is 200 cm³/mol. The smallest absolute Gasteiger partial charge is 0.387 e. The van der Waals surface area contributed by atoms with Crippen molar-refractivity contribution in [2.75, 3.05) is 32.2 Å². The van der Waals surface area contributed by atoms with Gasteiger partial charge in [0.2, 0.25) is 5.60 Å². The van der Waals surface area contributed by atoms with E-state index in [9.17, 15) is 30.2 Å². The maximum absolute atomic E-state index is 13.0. The van der Waals surface area contributed by atoms with E-state index >= 15 is 0 Å². The minimum atomic E-state index is -4.75. The van der Waals surface area contributed by atoms with E-state index in [0.717, 1.165) is 19.3 Å². The van der Waals surface area contributed by atoms with E-state index < -0.39 is 44.4 Å². The van der Waals surface area contributed by atoms with Gasteiger partial charge in [0, 0.05) is 12.8 Å². The Bertz CT molecular complexity index is 1690. The van der Waals surface area contributed by atoms with Crippen LogP contribution in [0.1, 0.15) is 127 Å². The Kier molecular flexibility index (Phi) is 17.8. The Balaban J connectivity index is 1.16. The van der Waals surface area contributed by atoms with Crippen molar-refractivity contribution in [1.82, 2.24) is 24.1 Å². The van der Waals surface area contributed by atoms with E-state index in [4.69, 9.17) is 24.3 Å². The molecule has 1 aliphatic rings. The van der Waals surface area contributed by atoms with Gasteiger partial charge in [0.25, 0.3) is 0 Å². The SMILES string of the molecule is CCCCCCCCCCCCCCCCCCOC[C@H](COP(=O)(O)OC[C@H]1O[C@@](C#N)(c2ccc3c(N)ncnn23)[C@H](O)[C@@H]1O)n1cnc(C#N)c1. The first kappa shape index (κ1) is 43.3. The molecule has 0 saturated carbocycles. The van der Waals surface area contributed by atoms with E-state index in [1.54, 1.807) is 4.57 Å². The summed E-state index contributed by atoms with van der Waals surface area (Å²) in [4.78, 5) is 18.5. The number of nitrogens with two attached hydrogens (primary N) is 1. The third kappa shape index (κ3) is 12.3. The fourth-order valence-corrected chi connectivity index (χ4v) is 7.49. The van der Waals surface area contributed by atoms with Crippen molar-refractivity contribution in [1.29, 1.82) is 10.5 Å². The Morgan fingerprint density at radius 3 is 2.17 bits per heavy atom. The van der Waals surface area contributed by atoms with E-state index in [2.05, 4.69) is 22.0 Å². The number of nitriles is 2. The van der Waals surface area contributed by atoms with Crippen molar-refractivity contribution < 1.29 is 38.2 Å². The number of nitrogens with zero attached hydrogens (tertiary/aromatic N) is 7. The molecule has 0 aliphatic carbocycles. The first-order valence-electron chi connectivity index (χ1n) is 19.3. The predicted octanol–water partition coefficient (Wildman–Crippen LogP) is 5.87. The molecule has 4 rings (SSSR count). The van der Waals surface area contributed by atoms with Gasteiger partial charge in [-0.3, -0.25) is 9.05 Å². The number of phosphoric ester groups is 1. The molecule has 1 unspecified atom stereocenters. The van der Waals surface area contributed by atoms with Gasteiger partial charge in [-0.15, -0.1) is 0 Å². The highest BCUT2D eigenvalue weighted by Gasteiger charge is 2.58. The molecular formula is C37H57N8O8P. The molecular weight excluding hydrogens is 715 g/mol. The highest BCUT2D eigenvalue weighted by molar-refractivity contribution is 7.47. The third-order valence-electron chi connectivity index (χ3n) is 9.91. The van der Waals surface area contributed by atoms with Crippen LogP contribution in [0.2, 0.25) is 0 Å². The fraction of sp³-hybridized carbons (Fsp3) is 0.703. The Morgan fingerprint density at radius 2 is 1.57 bits per heavy atom. The average Bonchev–Trinajstić information content (AvgIpc) is 3.89. The van der Waals surface area contributed by atoms with Crippen LogP contribution in [0.4, 0.5) is 5.82 Å². The fourth-order valence-electron chi connectivity index (χ4n) is 6.72. The molecule has 5 N–H and O–H groups in total. The zero-order valence-electron chi connectivity index (χ0n) is 31.4. The van der Waals surface area contributed by atoms with Crippen molar-refractivity contribution in [3.8, 4) is 12.1 Å². The lowest BCUT2D eigenvalue weighted by molar-refractivity contribution is -0.0646. The van der Waals surface area contributed by atoms with Crippen molar-refractivity contribution in [3.05, 3.63) is 42.4 Å². The molecule has 0 spiro atoms. The monoisotopic (exact) mass is 772 g/mol. The van der Waals surface area contributed by atoms with E-state index in [-0.39, 0.29) is 30.4 Å². The largest absolute Gasteiger partial charge is 0.472 e. The lowest BCUT2D eigenvalue weighted by Crippen LogP contribution is -2.41. The van der Waals surface area contributed by atoms with Crippen molar-refractivity contribution in [3.63, 3.8) is 0 Å². The number of aliphatic hydroxyl groups excluding tert-OH is 2. The lowest BCUT2D eigenvalue weighted by atomic mass is 9.92. The first-order valence-corrected chi connectivity index (χ1v) is 20.8. The number of hydrogen-bond donors (Lipinski definition) is 4. The van der Waals surface area contributed by atoms with Crippen LogP contribution in [0.15, 0.2) is 31.0 Å². The van der Waals surface area contributed by atoms with Gasteiger partial charge < -0.3 is 34.9 Å². The van der Waals surface area contributed by atoms with Gasteiger partial charge >= 0.3 is 7.82 Å². The molecule has 0 bridgehead atoms. The number of nitrogen functional groups attached to an aromatic ring is 1. The molecule has 0 aromatic carbocycles. The normalized spacial score (nSPS) is 21.6. The number of hydrogen-bond acceptors (Lipinski definition) is 13. The second-order valence-corrected chi connectivity index (χ2v) is 15.5. The van der Waals surface area contributed by atoms with Crippen LogP contribution in [0.3, 0.4) is 0 Å². The van der Waals surface area contributed by atoms with Crippen LogP contribution in [0.5, 0.6) is 0 Å². The number of ether oxygens (including phenoxy) is 2. The minimum absolute atomic E-state index is 0.0751. The van der Waals surface area contributed by atoms with Crippen LogP contribution in [-0.2, 0) is 28.7 Å². The molecule has 1 fully saturated rings. The molecule has 1 saturated heterocycles. The van der Waals surface area contributed by atoms with Crippen LogP contribution >= 0.6 is 7.82 Å². The van der Waals surface area contributed by atoms with Crippen LogP contribution < -0.4 is 5.73 Å². The number of aromatic nitrogens is 5. The summed E-state index contributed by atoms with van der Waals surface area (Å²) in [5.74, 6) is 0.124. The summed E-state index contributed by atoms with van der Waals surface area (Å²) in [6.07, 6.45) is 19.6. The molecule has 0 radical (unpaired) electrons. The van der Waals surface area contributed by atoms with E-state index in [0.29, 0.717) is 12.1 Å². The number of rotatable bonds is 27. The quantitative estimate of drug-likeness (QED) is 0.0524. The van der Waals surface area contributed by atoms with Gasteiger partial charge in [-0.2, -0.15) is 15.6 Å². The zero-order chi connectivity index (χ0) is 38.8. The van der Waals surface area contributed by atoms with Gasteiger partial charge in [0.1, 0.15) is 42.3 Å². The van der Waals surface area contributed by atoms with Gasteiger partial charge in [-0.25, -0.2) is 19.0 Å². The molecule has 298 valence electrons. The van der Waals surface area contributed by atoms with Crippen LogP contribution in [0.25, 0.3) is 5.52 Å². The molecule has 54 heavy (non-hydrogen) atoms. The standard InChI is InChI=1S/C37H57N8O8P/c1-2-3-4-5-6-7-8-9-10-11-12-13-14-15-16-17-20-50-23-30(44-22-29(21-38)42-28-44)24-51-54(48,49)52-25-32-34(46)35(47)37(26-39,53-32)33-19-18-31-36(40)41-27-43-45(31)33/h18-19,22,27-28,30,32,34-35,46-47H,2-17,20,23-25H2,1H3,(H,48,49)(H2,40,41,43)/t30-,32-,34-,35-,37+/m1/s1. The molecule has 0 amide bonds. The summed E-state index contributed by atoms with van der Waals surface area (Å²) in [5.41, 5.74) is 4.39. The summed E-state index contributed by atoms with van der Waals surface area (Å²) >= 11 is 0. The number of imidazole rings is 1. The van der Waals surface area contributed by atoms with Gasteiger partial charge in [-0.05, 0) is 18.6 Å². The van der Waals surface area contributed by atoms with E-state index in [1.165, 1.54) is 119 Å². The van der Waals surface area contributed by atoms with E-state index in [1.807, 2.05) is 12.1 Å². The lowest BCUT2D eigenvalue weighted by Gasteiger charge is -2.24. The number of phosphoric acid groups is 1. The average molecular weight is 773 g/mol. The number of unbranched alkanes of at least 4 members (excludes halogenated alkanes) is 15. The maximum Gasteiger partial charge on any atom is 0.472 e. The Morgan fingerprint density at radius 1 is 0.944 bits per heavy atom. The zero-order valence-corrected chi connectivity index (χ0v) is 32.3. The van der Waals surface area contributed by atoms with Crippen LogP contribution in [0, 0.1) is 22.7 Å².